The van der Waals surface area contributed by atoms with Gasteiger partial charge in [0.05, 0.1) is 4.92 Å². The number of aromatic nitrogens is 2. The smallest absolute Gasteiger partial charge is 0.310 e. The number of nitro groups is 1. The van der Waals surface area contributed by atoms with E-state index in [1.165, 1.54) is 23.5 Å². The zero-order chi connectivity index (χ0) is 13.0. The highest BCUT2D eigenvalue weighted by molar-refractivity contribution is 7.15. The molecule has 0 aliphatic carbocycles. The molecule has 0 radical (unpaired) electrons. The average molecular weight is 267 g/mol. The van der Waals surface area contributed by atoms with Crippen LogP contribution in [0, 0.1) is 10.1 Å². The van der Waals surface area contributed by atoms with Crippen molar-refractivity contribution in [3.8, 4) is 5.75 Å². The van der Waals surface area contributed by atoms with E-state index in [1.807, 2.05) is 0 Å². The summed E-state index contributed by atoms with van der Waals surface area (Å²) in [7, 11) is 0. The lowest BCUT2D eigenvalue weighted by atomic mass is 10.3. The summed E-state index contributed by atoms with van der Waals surface area (Å²) in [5, 5.41) is 19.3. The van der Waals surface area contributed by atoms with E-state index < -0.39 is 4.92 Å². The van der Waals surface area contributed by atoms with Crippen LogP contribution in [-0.4, -0.2) is 15.1 Å². The number of nitrogen functional groups attached to an aromatic ring is 1. The third kappa shape index (κ3) is 2.70. The van der Waals surface area contributed by atoms with E-state index in [-0.39, 0.29) is 18.0 Å². The van der Waals surface area contributed by atoms with Crippen LogP contribution in [0.3, 0.4) is 0 Å². The van der Waals surface area contributed by atoms with Crippen molar-refractivity contribution in [1.82, 2.24) is 10.2 Å². The maximum absolute atomic E-state index is 10.8. The van der Waals surface area contributed by atoms with Gasteiger partial charge in [-0.25, -0.2) is 5.84 Å². The van der Waals surface area contributed by atoms with Crippen LogP contribution < -0.4 is 16.0 Å². The number of rotatable bonds is 5. The van der Waals surface area contributed by atoms with Crippen LogP contribution in [-0.2, 0) is 6.61 Å². The molecule has 0 unspecified atom stereocenters. The molecular formula is C9H9N5O3S. The molecule has 0 saturated heterocycles. The molecule has 1 heterocycles. The summed E-state index contributed by atoms with van der Waals surface area (Å²) in [6.07, 6.45) is 0. The van der Waals surface area contributed by atoms with Gasteiger partial charge < -0.3 is 4.74 Å². The summed E-state index contributed by atoms with van der Waals surface area (Å²) in [6, 6.07) is 6.14. The van der Waals surface area contributed by atoms with Crippen molar-refractivity contribution in [2.45, 2.75) is 6.61 Å². The van der Waals surface area contributed by atoms with Crippen LogP contribution in [0.25, 0.3) is 0 Å². The summed E-state index contributed by atoms with van der Waals surface area (Å²) < 4.78 is 5.34. The zero-order valence-corrected chi connectivity index (χ0v) is 9.88. The Morgan fingerprint density at radius 3 is 2.89 bits per heavy atom. The van der Waals surface area contributed by atoms with Crippen LogP contribution in [0.15, 0.2) is 24.3 Å². The monoisotopic (exact) mass is 267 g/mol. The fraction of sp³-hybridized carbons (Fsp3) is 0.111. The lowest BCUT2D eigenvalue weighted by Crippen LogP contribution is -2.05. The fourth-order valence-corrected chi connectivity index (χ4v) is 1.80. The molecule has 0 aliphatic heterocycles. The summed E-state index contributed by atoms with van der Waals surface area (Å²) in [5.41, 5.74) is 2.27. The molecule has 0 aliphatic rings. The largest absolute Gasteiger partial charge is 0.479 e. The normalized spacial score (nSPS) is 10.1. The number of ether oxygens (including phenoxy) is 1. The Kier molecular flexibility index (Phi) is 3.65. The van der Waals surface area contributed by atoms with Crippen molar-refractivity contribution in [3.05, 3.63) is 39.4 Å². The van der Waals surface area contributed by atoms with Gasteiger partial charge in [-0.05, 0) is 6.07 Å². The Morgan fingerprint density at radius 1 is 1.44 bits per heavy atom. The molecule has 0 atom stereocenters. The second-order valence-corrected chi connectivity index (χ2v) is 4.22. The van der Waals surface area contributed by atoms with Gasteiger partial charge in [0, 0.05) is 6.07 Å². The molecule has 0 bridgehead atoms. The minimum absolute atomic E-state index is 0.0841. The summed E-state index contributed by atoms with van der Waals surface area (Å²) >= 11 is 1.21. The maximum atomic E-state index is 10.8. The first kappa shape index (κ1) is 12.2. The van der Waals surface area contributed by atoms with Gasteiger partial charge in [-0.1, -0.05) is 23.5 Å². The van der Waals surface area contributed by atoms with E-state index in [2.05, 4.69) is 15.6 Å². The maximum Gasteiger partial charge on any atom is 0.310 e. The molecule has 3 N–H and O–H groups in total. The van der Waals surface area contributed by atoms with E-state index in [0.717, 1.165) is 0 Å². The molecule has 1 aromatic carbocycles. The molecule has 0 fully saturated rings. The molecular weight excluding hydrogens is 258 g/mol. The number of para-hydroxylation sites is 2. The third-order valence-electron chi connectivity index (χ3n) is 2.00. The van der Waals surface area contributed by atoms with Crippen molar-refractivity contribution in [3.63, 3.8) is 0 Å². The van der Waals surface area contributed by atoms with Gasteiger partial charge in [-0.2, -0.15) is 0 Å². The first-order valence-electron chi connectivity index (χ1n) is 4.86. The predicted octanol–water partition coefficient (Wildman–Crippen LogP) is 1.31. The molecule has 0 amide bonds. The van der Waals surface area contributed by atoms with E-state index in [0.29, 0.717) is 10.1 Å². The van der Waals surface area contributed by atoms with Gasteiger partial charge in [0.25, 0.3) is 0 Å². The molecule has 0 spiro atoms. The number of benzene rings is 1. The molecule has 0 saturated carbocycles. The Balaban J connectivity index is 2.08. The fourth-order valence-electron chi connectivity index (χ4n) is 1.24. The number of hydrazine groups is 1. The lowest BCUT2D eigenvalue weighted by Gasteiger charge is -2.03. The minimum Gasteiger partial charge on any atom is -0.479 e. The van der Waals surface area contributed by atoms with Crippen LogP contribution in [0.1, 0.15) is 5.01 Å². The minimum atomic E-state index is -0.498. The SMILES string of the molecule is NNc1nnc(COc2ccccc2[N+](=O)[O-])s1. The van der Waals surface area contributed by atoms with Crippen molar-refractivity contribution < 1.29 is 9.66 Å². The van der Waals surface area contributed by atoms with Crippen molar-refractivity contribution in [2.75, 3.05) is 5.43 Å². The molecule has 2 rings (SSSR count). The van der Waals surface area contributed by atoms with Crippen LogP contribution in [0.4, 0.5) is 10.8 Å². The molecule has 8 nitrogen and oxygen atoms in total. The molecule has 18 heavy (non-hydrogen) atoms. The second-order valence-electron chi connectivity index (χ2n) is 3.16. The van der Waals surface area contributed by atoms with Crippen molar-refractivity contribution in [1.29, 1.82) is 0 Å². The molecule has 2 aromatic rings. The number of nitrogens with zero attached hydrogens (tertiary/aromatic N) is 3. The highest BCUT2D eigenvalue weighted by Crippen LogP contribution is 2.27. The topological polar surface area (TPSA) is 116 Å². The van der Waals surface area contributed by atoms with Gasteiger partial charge in [0.1, 0.15) is 6.61 Å². The average Bonchev–Trinajstić information content (AvgIpc) is 2.84. The number of hydrogen-bond donors (Lipinski definition) is 2. The number of nitrogens with two attached hydrogens (primary N) is 1. The van der Waals surface area contributed by atoms with Gasteiger partial charge in [0.2, 0.25) is 5.13 Å². The number of anilines is 1. The Morgan fingerprint density at radius 2 is 2.22 bits per heavy atom. The second kappa shape index (κ2) is 5.38. The van der Waals surface area contributed by atoms with E-state index in [9.17, 15) is 10.1 Å². The Hall–Kier alpha value is -2.26. The summed E-state index contributed by atoms with van der Waals surface area (Å²) in [5.74, 6) is 5.36. The van der Waals surface area contributed by atoms with Crippen molar-refractivity contribution in [2.24, 2.45) is 5.84 Å². The van der Waals surface area contributed by atoms with Gasteiger partial charge in [0.15, 0.2) is 10.8 Å². The Labute approximate surface area is 106 Å². The third-order valence-corrected chi connectivity index (χ3v) is 2.83. The highest BCUT2D eigenvalue weighted by Gasteiger charge is 2.14. The highest BCUT2D eigenvalue weighted by atomic mass is 32.1. The first-order chi connectivity index (χ1) is 8.70. The van der Waals surface area contributed by atoms with E-state index in [4.69, 9.17) is 10.6 Å². The van der Waals surface area contributed by atoms with Gasteiger partial charge in [-0.15, -0.1) is 10.2 Å². The Bertz CT molecular complexity index is 559. The zero-order valence-electron chi connectivity index (χ0n) is 9.07. The summed E-state index contributed by atoms with van der Waals surface area (Å²) in [4.78, 5) is 10.3. The lowest BCUT2D eigenvalue weighted by molar-refractivity contribution is -0.385. The van der Waals surface area contributed by atoms with Gasteiger partial charge >= 0.3 is 5.69 Å². The van der Waals surface area contributed by atoms with Crippen LogP contribution in [0.2, 0.25) is 0 Å². The predicted molar refractivity (Wildman–Crippen MR) is 65.1 cm³/mol. The quantitative estimate of drug-likeness (QED) is 0.476. The van der Waals surface area contributed by atoms with Crippen LogP contribution >= 0.6 is 11.3 Å². The molecule has 9 heteroatoms. The number of nitro benzene ring substituents is 1. The van der Waals surface area contributed by atoms with Crippen molar-refractivity contribution >= 4 is 22.2 Å². The molecule has 94 valence electrons. The van der Waals surface area contributed by atoms with E-state index >= 15 is 0 Å². The molecule has 1 aromatic heterocycles. The summed E-state index contributed by atoms with van der Waals surface area (Å²) in [6.45, 7) is 0.101. The van der Waals surface area contributed by atoms with Gasteiger partial charge in [-0.3, -0.25) is 15.5 Å². The van der Waals surface area contributed by atoms with Crippen LogP contribution in [0.5, 0.6) is 5.75 Å². The number of nitrogens with one attached hydrogen (secondary N) is 1. The van der Waals surface area contributed by atoms with E-state index in [1.54, 1.807) is 12.1 Å². The first-order valence-corrected chi connectivity index (χ1v) is 5.67. The standard InChI is InChI=1S/C9H9N5O3S/c10-11-9-13-12-8(18-9)5-17-7-4-2-1-3-6(7)14(15)16/h1-4H,5,10H2,(H,11,13). The number of hydrogen-bond acceptors (Lipinski definition) is 8.